The lowest BCUT2D eigenvalue weighted by Gasteiger charge is -2.10. The number of pyridine rings is 1. The van der Waals surface area contributed by atoms with Crippen molar-refractivity contribution in [3.8, 4) is 0 Å². The van der Waals surface area contributed by atoms with Gasteiger partial charge in [0.2, 0.25) is 11.6 Å². The standard InChI is InChI=1S/C16H13ClN6O2/c17-12-5-1-2-6-13(12)22-16-14(23(24)25)15(20-10-21-16)19-9-11-4-3-7-18-8-11/h1-8,10H,9H2,(H2,19,20,21,22). The molecule has 0 saturated heterocycles. The van der Waals surface area contributed by atoms with E-state index in [1.165, 1.54) is 6.33 Å². The van der Waals surface area contributed by atoms with E-state index in [2.05, 4.69) is 25.6 Å². The number of aromatic nitrogens is 3. The molecule has 1 aromatic carbocycles. The molecule has 0 aliphatic heterocycles. The highest BCUT2D eigenvalue weighted by Gasteiger charge is 2.23. The van der Waals surface area contributed by atoms with E-state index in [0.717, 1.165) is 5.56 Å². The van der Waals surface area contributed by atoms with Gasteiger partial charge in [-0.2, -0.15) is 0 Å². The average Bonchev–Trinajstić information content (AvgIpc) is 2.62. The molecule has 8 nitrogen and oxygen atoms in total. The van der Waals surface area contributed by atoms with E-state index in [1.807, 2.05) is 6.07 Å². The zero-order valence-electron chi connectivity index (χ0n) is 12.9. The van der Waals surface area contributed by atoms with Gasteiger partial charge < -0.3 is 10.6 Å². The normalized spacial score (nSPS) is 10.3. The number of nitrogens with zero attached hydrogens (tertiary/aromatic N) is 4. The van der Waals surface area contributed by atoms with Crippen LogP contribution >= 0.6 is 11.6 Å². The molecule has 9 heteroatoms. The summed E-state index contributed by atoms with van der Waals surface area (Å²) in [6.45, 7) is 0.344. The van der Waals surface area contributed by atoms with Gasteiger partial charge in [-0.05, 0) is 23.8 Å². The molecule has 3 rings (SSSR count). The predicted octanol–water partition coefficient (Wildman–Crippen LogP) is 3.79. The van der Waals surface area contributed by atoms with E-state index in [1.54, 1.807) is 42.7 Å². The maximum Gasteiger partial charge on any atom is 0.353 e. The van der Waals surface area contributed by atoms with Crippen molar-refractivity contribution in [3.63, 3.8) is 0 Å². The first-order valence-electron chi connectivity index (χ1n) is 7.29. The average molecular weight is 357 g/mol. The van der Waals surface area contributed by atoms with E-state index >= 15 is 0 Å². The molecular formula is C16H13ClN6O2. The third-order valence-electron chi connectivity index (χ3n) is 3.31. The van der Waals surface area contributed by atoms with E-state index in [-0.39, 0.29) is 17.3 Å². The first kappa shape index (κ1) is 16.6. The molecule has 0 radical (unpaired) electrons. The van der Waals surface area contributed by atoms with Gasteiger partial charge in [0.15, 0.2) is 0 Å². The maximum absolute atomic E-state index is 11.5. The topological polar surface area (TPSA) is 106 Å². The maximum atomic E-state index is 11.5. The van der Waals surface area contributed by atoms with Crippen LogP contribution in [0.25, 0.3) is 0 Å². The highest BCUT2D eigenvalue weighted by atomic mass is 35.5. The van der Waals surface area contributed by atoms with Gasteiger partial charge in [0, 0.05) is 18.9 Å². The lowest BCUT2D eigenvalue weighted by atomic mass is 10.3. The fraction of sp³-hybridized carbons (Fsp3) is 0.0625. The number of hydrogen-bond donors (Lipinski definition) is 2. The molecule has 2 N–H and O–H groups in total. The Morgan fingerprint density at radius 2 is 1.92 bits per heavy atom. The molecule has 2 aromatic heterocycles. The summed E-state index contributed by atoms with van der Waals surface area (Å²) in [5.41, 5.74) is 1.13. The van der Waals surface area contributed by atoms with E-state index in [0.29, 0.717) is 17.3 Å². The Bertz CT molecular complexity index is 891. The monoisotopic (exact) mass is 356 g/mol. The van der Waals surface area contributed by atoms with Crippen LogP contribution in [0, 0.1) is 10.1 Å². The Labute approximate surface area is 148 Å². The van der Waals surface area contributed by atoms with Gasteiger partial charge >= 0.3 is 5.69 Å². The summed E-state index contributed by atoms with van der Waals surface area (Å²) in [6, 6.07) is 10.6. The first-order chi connectivity index (χ1) is 12.1. The molecule has 0 atom stereocenters. The third kappa shape index (κ3) is 3.99. The number of para-hydroxylation sites is 1. The van der Waals surface area contributed by atoms with Crippen molar-refractivity contribution < 1.29 is 4.92 Å². The van der Waals surface area contributed by atoms with Crippen LogP contribution in [0.3, 0.4) is 0 Å². The van der Waals surface area contributed by atoms with Crippen LogP contribution in [0.4, 0.5) is 23.0 Å². The zero-order valence-corrected chi connectivity index (χ0v) is 13.6. The number of benzene rings is 1. The van der Waals surface area contributed by atoms with Crippen molar-refractivity contribution in [1.82, 2.24) is 15.0 Å². The second-order valence-corrected chi connectivity index (χ2v) is 5.40. The zero-order chi connectivity index (χ0) is 17.6. The molecule has 3 aromatic rings. The summed E-state index contributed by atoms with van der Waals surface area (Å²) in [7, 11) is 0. The molecule has 0 saturated carbocycles. The molecule has 0 fully saturated rings. The number of halogens is 1. The van der Waals surface area contributed by atoms with E-state index in [4.69, 9.17) is 11.6 Å². The summed E-state index contributed by atoms with van der Waals surface area (Å²) in [5, 5.41) is 17.8. The number of hydrogen-bond acceptors (Lipinski definition) is 7. The minimum absolute atomic E-state index is 0.0572. The van der Waals surface area contributed by atoms with Crippen molar-refractivity contribution in [1.29, 1.82) is 0 Å². The highest BCUT2D eigenvalue weighted by Crippen LogP contribution is 2.33. The second kappa shape index (κ2) is 7.54. The lowest BCUT2D eigenvalue weighted by molar-refractivity contribution is -0.383. The summed E-state index contributed by atoms with van der Waals surface area (Å²) in [6.07, 6.45) is 4.57. The van der Waals surface area contributed by atoms with Crippen LogP contribution in [0.5, 0.6) is 0 Å². The number of nitro groups is 1. The summed E-state index contributed by atoms with van der Waals surface area (Å²) >= 11 is 6.09. The van der Waals surface area contributed by atoms with Gasteiger partial charge in [0.25, 0.3) is 0 Å². The molecule has 2 heterocycles. The minimum atomic E-state index is -0.537. The minimum Gasteiger partial charge on any atom is -0.360 e. The van der Waals surface area contributed by atoms with Gasteiger partial charge in [-0.1, -0.05) is 29.8 Å². The molecule has 0 spiro atoms. The van der Waals surface area contributed by atoms with Gasteiger partial charge in [-0.3, -0.25) is 15.1 Å². The lowest BCUT2D eigenvalue weighted by Crippen LogP contribution is -2.08. The van der Waals surface area contributed by atoms with Crippen molar-refractivity contribution in [2.45, 2.75) is 6.54 Å². The Kier molecular flexibility index (Phi) is 5.00. The Balaban J connectivity index is 1.89. The molecule has 0 aliphatic rings. The number of rotatable bonds is 6. The van der Waals surface area contributed by atoms with Crippen molar-refractivity contribution in [2.24, 2.45) is 0 Å². The van der Waals surface area contributed by atoms with Gasteiger partial charge in [-0.25, -0.2) is 9.97 Å². The largest absolute Gasteiger partial charge is 0.360 e. The fourth-order valence-corrected chi connectivity index (χ4v) is 2.33. The van der Waals surface area contributed by atoms with Crippen LogP contribution in [-0.2, 0) is 6.54 Å². The molecule has 25 heavy (non-hydrogen) atoms. The third-order valence-corrected chi connectivity index (χ3v) is 3.64. The van der Waals surface area contributed by atoms with Crippen LogP contribution in [0.2, 0.25) is 5.02 Å². The van der Waals surface area contributed by atoms with Crippen LogP contribution in [-0.4, -0.2) is 19.9 Å². The molecule has 126 valence electrons. The summed E-state index contributed by atoms with van der Waals surface area (Å²) in [4.78, 5) is 23.0. The Morgan fingerprint density at radius 1 is 1.12 bits per heavy atom. The van der Waals surface area contributed by atoms with Crippen LogP contribution in [0.15, 0.2) is 55.1 Å². The SMILES string of the molecule is O=[N+]([O-])c1c(NCc2cccnc2)ncnc1Nc1ccccc1Cl. The summed E-state index contributed by atoms with van der Waals surface area (Å²) in [5.74, 6) is 0.167. The molecule has 0 bridgehead atoms. The number of nitrogens with one attached hydrogen (secondary N) is 2. The van der Waals surface area contributed by atoms with E-state index in [9.17, 15) is 10.1 Å². The first-order valence-corrected chi connectivity index (χ1v) is 7.66. The van der Waals surface area contributed by atoms with E-state index < -0.39 is 4.92 Å². The Hall–Kier alpha value is -3.26. The molecular weight excluding hydrogens is 344 g/mol. The van der Waals surface area contributed by atoms with Crippen LogP contribution in [0.1, 0.15) is 5.56 Å². The smallest absolute Gasteiger partial charge is 0.353 e. The second-order valence-electron chi connectivity index (χ2n) is 5.00. The van der Waals surface area contributed by atoms with Gasteiger partial charge in [0.05, 0.1) is 15.6 Å². The molecule has 0 aliphatic carbocycles. The molecule has 0 unspecified atom stereocenters. The predicted molar refractivity (Wildman–Crippen MR) is 95.0 cm³/mol. The quantitative estimate of drug-likeness (QED) is 0.511. The van der Waals surface area contributed by atoms with Gasteiger partial charge in [0.1, 0.15) is 6.33 Å². The summed E-state index contributed by atoms with van der Waals surface area (Å²) < 4.78 is 0. The highest BCUT2D eigenvalue weighted by molar-refractivity contribution is 6.33. The van der Waals surface area contributed by atoms with Crippen molar-refractivity contribution >= 4 is 34.6 Å². The van der Waals surface area contributed by atoms with Crippen LogP contribution < -0.4 is 10.6 Å². The molecule has 0 amide bonds. The fourth-order valence-electron chi connectivity index (χ4n) is 2.15. The van der Waals surface area contributed by atoms with Gasteiger partial charge in [-0.15, -0.1) is 0 Å². The van der Waals surface area contributed by atoms with Crippen molar-refractivity contribution in [3.05, 3.63) is 75.8 Å². The Morgan fingerprint density at radius 3 is 2.64 bits per heavy atom. The number of anilines is 3. The van der Waals surface area contributed by atoms with Crippen molar-refractivity contribution in [2.75, 3.05) is 10.6 Å².